The molecule has 0 radical (unpaired) electrons. The van der Waals surface area contributed by atoms with Crippen LogP contribution in [0.3, 0.4) is 0 Å². The lowest BCUT2D eigenvalue weighted by Crippen LogP contribution is -2.38. The van der Waals surface area contributed by atoms with Crippen LogP contribution in [-0.4, -0.2) is 22.9 Å². The van der Waals surface area contributed by atoms with Crippen LogP contribution in [0.15, 0.2) is 24.3 Å². The SMILES string of the molecule is CC1NC(c2cccc(Cl)c2)N(C2CCCC2)C1=O. The molecule has 0 bridgehead atoms. The molecule has 1 aromatic rings. The van der Waals surface area contributed by atoms with Gasteiger partial charge >= 0.3 is 0 Å². The van der Waals surface area contributed by atoms with Gasteiger partial charge in [-0.3, -0.25) is 10.1 Å². The Morgan fingerprint density at radius 1 is 1.32 bits per heavy atom. The van der Waals surface area contributed by atoms with Gasteiger partial charge in [0.15, 0.2) is 0 Å². The van der Waals surface area contributed by atoms with Gasteiger partial charge in [0.05, 0.1) is 6.04 Å². The molecule has 4 heteroatoms. The Morgan fingerprint density at radius 3 is 2.74 bits per heavy atom. The molecule has 2 atom stereocenters. The Bertz CT molecular complexity index is 485. The number of carbonyl (C=O) groups excluding carboxylic acids is 1. The number of nitrogens with zero attached hydrogens (tertiary/aromatic N) is 1. The predicted molar refractivity (Wildman–Crippen MR) is 75.9 cm³/mol. The van der Waals surface area contributed by atoms with E-state index in [1.807, 2.05) is 36.1 Å². The topological polar surface area (TPSA) is 32.3 Å². The molecule has 1 aliphatic carbocycles. The van der Waals surface area contributed by atoms with Crippen molar-refractivity contribution in [3.63, 3.8) is 0 Å². The van der Waals surface area contributed by atoms with Crippen LogP contribution < -0.4 is 5.32 Å². The lowest BCUT2D eigenvalue weighted by molar-refractivity contribution is -0.132. The van der Waals surface area contributed by atoms with Gasteiger partial charge in [-0.1, -0.05) is 36.6 Å². The van der Waals surface area contributed by atoms with Crippen molar-refractivity contribution in [2.75, 3.05) is 0 Å². The van der Waals surface area contributed by atoms with E-state index in [0.29, 0.717) is 6.04 Å². The normalized spacial score (nSPS) is 28.3. The Morgan fingerprint density at radius 2 is 2.05 bits per heavy atom. The highest BCUT2D eigenvalue weighted by molar-refractivity contribution is 6.30. The van der Waals surface area contributed by atoms with Crippen LogP contribution in [-0.2, 0) is 4.79 Å². The summed E-state index contributed by atoms with van der Waals surface area (Å²) in [5, 5.41) is 4.11. The van der Waals surface area contributed by atoms with Crippen molar-refractivity contribution in [1.29, 1.82) is 0 Å². The molecular formula is C15H19ClN2O. The molecular weight excluding hydrogens is 260 g/mol. The first-order chi connectivity index (χ1) is 9.16. The Labute approximate surface area is 118 Å². The van der Waals surface area contributed by atoms with Gasteiger partial charge in [-0.05, 0) is 37.5 Å². The van der Waals surface area contributed by atoms with Crippen molar-refractivity contribution in [3.05, 3.63) is 34.9 Å². The van der Waals surface area contributed by atoms with Gasteiger partial charge < -0.3 is 4.90 Å². The fourth-order valence-electron chi connectivity index (χ4n) is 3.25. The highest BCUT2D eigenvalue weighted by atomic mass is 35.5. The molecule has 2 fully saturated rings. The zero-order valence-corrected chi connectivity index (χ0v) is 11.9. The second-order valence-corrected chi connectivity index (χ2v) is 5.97. The third kappa shape index (κ3) is 2.37. The second-order valence-electron chi connectivity index (χ2n) is 5.53. The molecule has 19 heavy (non-hydrogen) atoms. The van der Waals surface area contributed by atoms with E-state index >= 15 is 0 Å². The number of carbonyl (C=O) groups is 1. The number of nitrogens with one attached hydrogen (secondary N) is 1. The lowest BCUT2D eigenvalue weighted by atomic mass is 10.1. The van der Waals surface area contributed by atoms with E-state index < -0.39 is 0 Å². The highest BCUT2D eigenvalue weighted by Gasteiger charge is 2.41. The minimum atomic E-state index is -0.107. The van der Waals surface area contributed by atoms with E-state index in [4.69, 9.17) is 11.6 Å². The summed E-state index contributed by atoms with van der Waals surface area (Å²) in [6.45, 7) is 1.94. The number of hydrogen-bond donors (Lipinski definition) is 1. The molecule has 3 rings (SSSR count). The molecule has 1 aromatic carbocycles. The quantitative estimate of drug-likeness (QED) is 0.902. The molecule has 2 aliphatic rings. The van der Waals surface area contributed by atoms with Gasteiger partial charge in [0, 0.05) is 11.1 Å². The first-order valence-electron chi connectivity index (χ1n) is 7.00. The zero-order valence-electron chi connectivity index (χ0n) is 11.1. The summed E-state index contributed by atoms with van der Waals surface area (Å²) < 4.78 is 0. The maximum atomic E-state index is 12.4. The molecule has 0 spiro atoms. The van der Waals surface area contributed by atoms with Crippen LogP contribution in [0.1, 0.15) is 44.3 Å². The molecule has 3 nitrogen and oxygen atoms in total. The summed E-state index contributed by atoms with van der Waals surface area (Å²) in [7, 11) is 0. The van der Waals surface area contributed by atoms with E-state index in [9.17, 15) is 4.79 Å². The van der Waals surface area contributed by atoms with Crippen molar-refractivity contribution in [3.8, 4) is 0 Å². The van der Waals surface area contributed by atoms with E-state index in [1.54, 1.807) is 0 Å². The first-order valence-corrected chi connectivity index (χ1v) is 7.38. The van der Waals surface area contributed by atoms with Crippen molar-refractivity contribution >= 4 is 17.5 Å². The number of halogens is 1. The van der Waals surface area contributed by atoms with Gasteiger partial charge in [-0.15, -0.1) is 0 Å². The van der Waals surface area contributed by atoms with Crippen molar-refractivity contribution in [1.82, 2.24) is 10.2 Å². The molecule has 1 amide bonds. The number of rotatable bonds is 2. The van der Waals surface area contributed by atoms with Crippen LogP contribution in [0.2, 0.25) is 5.02 Å². The molecule has 102 valence electrons. The molecule has 0 aromatic heterocycles. The number of amides is 1. The zero-order chi connectivity index (χ0) is 13.4. The fraction of sp³-hybridized carbons (Fsp3) is 0.533. The Balaban J connectivity index is 1.92. The summed E-state index contributed by atoms with van der Waals surface area (Å²) in [4.78, 5) is 14.4. The molecule has 1 heterocycles. The lowest BCUT2D eigenvalue weighted by Gasteiger charge is -2.30. The minimum absolute atomic E-state index is 0.0238. The van der Waals surface area contributed by atoms with Gasteiger partial charge in [0.1, 0.15) is 6.17 Å². The molecule has 1 aliphatic heterocycles. The summed E-state index contributed by atoms with van der Waals surface area (Å²) in [6.07, 6.45) is 4.68. The number of benzene rings is 1. The summed E-state index contributed by atoms with van der Waals surface area (Å²) >= 11 is 6.07. The van der Waals surface area contributed by atoms with E-state index in [0.717, 1.165) is 23.4 Å². The Hall–Kier alpha value is -1.06. The predicted octanol–water partition coefficient (Wildman–Crippen LogP) is 3.10. The fourth-order valence-corrected chi connectivity index (χ4v) is 3.44. The standard InChI is InChI=1S/C15H19ClN2O/c1-10-15(19)18(13-7-2-3-8-13)14(17-10)11-5-4-6-12(16)9-11/h4-6,9-10,13-14,17H,2-3,7-8H2,1H3. The van der Waals surface area contributed by atoms with Crippen LogP contribution in [0, 0.1) is 0 Å². The maximum Gasteiger partial charge on any atom is 0.241 e. The van der Waals surface area contributed by atoms with E-state index in [-0.39, 0.29) is 18.1 Å². The van der Waals surface area contributed by atoms with Crippen LogP contribution in [0.5, 0.6) is 0 Å². The molecule has 1 N–H and O–H groups in total. The summed E-state index contributed by atoms with van der Waals surface area (Å²) in [5.74, 6) is 0.219. The third-order valence-corrected chi connectivity index (χ3v) is 4.43. The number of hydrogen-bond acceptors (Lipinski definition) is 2. The highest BCUT2D eigenvalue weighted by Crippen LogP contribution is 2.34. The monoisotopic (exact) mass is 278 g/mol. The maximum absolute atomic E-state index is 12.4. The van der Waals surface area contributed by atoms with E-state index in [1.165, 1.54) is 12.8 Å². The van der Waals surface area contributed by atoms with Crippen LogP contribution in [0.4, 0.5) is 0 Å². The second kappa shape index (κ2) is 5.14. The molecule has 2 unspecified atom stereocenters. The average molecular weight is 279 g/mol. The largest absolute Gasteiger partial charge is 0.319 e. The van der Waals surface area contributed by atoms with Gasteiger partial charge in [0.2, 0.25) is 5.91 Å². The van der Waals surface area contributed by atoms with E-state index in [2.05, 4.69) is 5.32 Å². The average Bonchev–Trinajstić information content (AvgIpc) is 2.99. The molecule has 1 saturated carbocycles. The Kier molecular flexibility index (Phi) is 3.50. The minimum Gasteiger partial charge on any atom is -0.319 e. The molecule has 1 saturated heterocycles. The van der Waals surface area contributed by atoms with Crippen LogP contribution in [0.25, 0.3) is 0 Å². The first kappa shape index (κ1) is 12.9. The van der Waals surface area contributed by atoms with Crippen LogP contribution >= 0.6 is 11.6 Å². The van der Waals surface area contributed by atoms with Gasteiger partial charge in [-0.25, -0.2) is 0 Å². The van der Waals surface area contributed by atoms with Gasteiger partial charge in [0.25, 0.3) is 0 Å². The van der Waals surface area contributed by atoms with Crippen molar-refractivity contribution in [2.45, 2.75) is 50.9 Å². The summed E-state index contributed by atoms with van der Waals surface area (Å²) in [5.41, 5.74) is 1.08. The van der Waals surface area contributed by atoms with Crippen molar-refractivity contribution < 1.29 is 4.79 Å². The van der Waals surface area contributed by atoms with Crippen molar-refractivity contribution in [2.24, 2.45) is 0 Å². The smallest absolute Gasteiger partial charge is 0.241 e. The summed E-state index contributed by atoms with van der Waals surface area (Å²) in [6, 6.07) is 8.08. The third-order valence-electron chi connectivity index (χ3n) is 4.19. The van der Waals surface area contributed by atoms with Gasteiger partial charge in [-0.2, -0.15) is 0 Å².